The normalized spacial score (nSPS) is 18.8. The minimum atomic E-state index is 0.115. The van der Waals surface area contributed by atoms with Gasteiger partial charge in [-0.3, -0.25) is 14.3 Å². The zero-order valence-electron chi connectivity index (χ0n) is 17.4. The summed E-state index contributed by atoms with van der Waals surface area (Å²) in [6.45, 7) is 5.04. The van der Waals surface area contributed by atoms with Crippen LogP contribution in [0.25, 0.3) is 21.8 Å². The van der Waals surface area contributed by atoms with Crippen LogP contribution in [0.3, 0.4) is 0 Å². The van der Waals surface area contributed by atoms with Crippen molar-refractivity contribution >= 4 is 27.6 Å². The first-order chi connectivity index (χ1) is 15.3. The SMILES string of the molecule is O=c1c2ccccc2nc2n1C(CCN1CCN(c3ccc4ccccc4n3)CC1)C2. The average molecular weight is 412 g/mol. The first-order valence-corrected chi connectivity index (χ1v) is 11.1. The van der Waals surface area contributed by atoms with Gasteiger partial charge in [0.05, 0.1) is 16.4 Å². The van der Waals surface area contributed by atoms with Crippen LogP contribution in [0.15, 0.2) is 65.5 Å². The molecule has 6 rings (SSSR count). The van der Waals surface area contributed by atoms with E-state index in [1.165, 1.54) is 5.39 Å². The maximum atomic E-state index is 12.9. The molecule has 1 saturated heterocycles. The van der Waals surface area contributed by atoms with E-state index in [4.69, 9.17) is 4.98 Å². The second-order valence-electron chi connectivity index (χ2n) is 8.56. The van der Waals surface area contributed by atoms with Gasteiger partial charge in [-0.1, -0.05) is 30.3 Å². The van der Waals surface area contributed by atoms with Gasteiger partial charge in [-0.05, 0) is 36.8 Å². The summed E-state index contributed by atoms with van der Waals surface area (Å²) < 4.78 is 1.91. The molecule has 2 aliphatic rings. The summed E-state index contributed by atoms with van der Waals surface area (Å²) in [4.78, 5) is 27.2. The van der Waals surface area contributed by atoms with Crippen molar-refractivity contribution in [1.29, 1.82) is 0 Å². The first kappa shape index (κ1) is 18.5. The van der Waals surface area contributed by atoms with Crippen molar-refractivity contribution in [3.63, 3.8) is 0 Å². The fourth-order valence-corrected chi connectivity index (χ4v) is 4.90. The number of fused-ring (bicyclic) bond motifs is 3. The molecule has 1 unspecified atom stereocenters. The summed E-state index contributed by atoms with van der Waals surface area (Å²) in [7, 11) is 0. The van der Waals surface area contributed by atoms with Crippen LogP contribution >= 0.6 is 0 Å². The molecular weight excluding hydrogens is 386 g/mol. The number of hydrogen-bond acceptors (Lipinski definition) is 5. The molecule has 1 fully saturated rings. The Labute approximate surface area is 180 Å². The van der Waals surface area contributed by atoms with Crippen LogP contribution < -0.4 is 10.5 Å². The van der Waals surface area contributed by atoms with Gasteiger partial charge in [0.15, 0.2) is 0 Å². The largest absolute Gasteiger partial charge is 0.354 e. The van der Waals surface area contributed by atoms with Gasteiger partial charge >= 0.3 is 0 Å². The van der Waals surface area contributed by atoms with Gasteiger partial charge in [0.1, 0.15) is 11.6 Å². The van der Waals surface area contributed by atoms with E-state index in [0.29, 0.717) is 0 Å². The summed E-state index contributed by atoms with van der Waals surface area (Å²) in [5.41, 5.74) is 1.98. The number of para-hydroxylation sites is 2. The molecule has 6 nitrogen and oxygen atoms in total. The third-order valence-corrected chi connectivity index (χ3v) is 6.72. The molecular formula is C25H25N5O. The number of pyridine rings is 1. The Morgan fingerprint density at radius 2 is 1.61 bits per heavy atom. The second kappa shape index (κ2) is 7.46. The molecule has 0 N–H and O–H groups in total. The monoisotopic (exact) mass is 411 g/mol. The maximum absolute atomic E-state index is 12.9. The predicted molar refractivity (Wildman–Crippen MR) is 124 cm³/mol. The summed E-state index contributed by atoms with van der Waals surface area (Å²) in [5, 5.41) is 1.91. The lowest BCUT2D eigenvalue weighted by Gasteiger charge is -2.37. The molecule has 0 saturated carbocycles. The summed E-state index contributed by atoms with van der Waals surface area (Å²) in [6, 6.07) is 20.5. The molecule has 6 heteroatoms. The molecule has 0 radical (unpaired) electrons. The standard InChI is InChI=1S/C25H25N5O/c31-25-20-6-2-4-8-22(20)27-24-17-19(30(24)25)11-12-28-13-15-29(16-14-28)23-10-9-18-5-1-3-7-21(18)26-23/h1-10,19H,11-17H2. The van der Waals surface area contributed by atoms with Gasteiger partial charge in [0, 0.05) is 50.6 Å². The first-order valence-electron chi connectivity index (χ1n) is 11.1. The van der Waals surface area contributed by atoms with Crippen molar-refractivity contribution < 1.29 is 0 Å². The van der Waals surface area contributed by atoms with Crippen molar-refractivity contribution in [3.8, 4) is 0 Å². The zero-order valence-corrected chi connectivity index (χ0v) is 17.4. The molecule has 2 aromatic carbocycles. The lowest BCUT2D eigenvalue weighted by atomic mass is 10.0. The second-order valence-corrected chi connectivity index (χ2v) is 8.56. The number of rotatable bonds is 4. The molecule has 156 valence electrons. The van der Waals surface area contributed by atoms with Crippen LogP contribution in [0.5, 0.6) is 0 Å². The topological polar surface area (TPSA) is 54.3 Å². The minimum Gasteiger partial charge on any atom is -0.354 e. The number of aromatic nitrogens is 3. The molecule has 0 bridgehead atoms. The van der Waals surface area contributed by atoms with Gasteiger partial charge < -0.3 is 4.90 Å². The van der Waals surface area contributed by atoms with Gasteiger partial charge in [-0.15, -0.1) is 0 Å². The molecule has 0 spiro atoms. The molecule has 0 aliphatic carbocycles. The highest BCUT2D eigenvalue weighted by atomic mass is 16.1. The summed E-state index contributed by atoms with van der Waals surface area (Å²) in [5.74, 6) is 2.00. The third kappa shape index (κ3) is 3.27. The predicted octanol–water partition coefficient (Wildman–Crippen LogP) is 3.25. The highest BCUT2D eigenvalue weighted by molar-refractivity contribution is 5.80. The van der Waals surface area contributed by atoms with E-state index in [1.807, 2.05) is 34.9 Å². The van der Waals surface area contributed by atoms with Gasteiger partial charge in [0.25, 0.3) is 5.56 Å². The van der Waals surface area contributed by atoms with Crippen LogP contribution in [0.1, 0.15) is 18.3 Å². The number of nitrogens with zero attached hydrogens (tertiary/aromatic N) is 5. The van der Waals surface area contributed by atoms with E-state index in [9.17, 15) is 4.79 Å². The third-order valence-electron chi connectivity index (χ3n) is 6.72. The molecule has 4 heterocycles. The van der Waals surface area contributed by atoms with Gasteiger partial charge in [-0.25, -0.2) is 9.97 Å². The zero-order chi connectivity index (χ0) is 20.8. The highest BCUT2D eigenvalue weighted by Crippen LogP contribution is 2.28. The average Bonchev–Trinajstić information content (AvgIpc) is 2.80. The van der Waals surface area contributed by atoms with Crippen LogP contribution in [0, 0.1) is 0 Å². The Morgan fingerprint density at radius 3 is 2.48 bits per heavy atom. The van der Waals surface area contributed by atoms with Crippen molar-refractivity contribution in [3.05, 3.63) is 76.8 Å². The van der Waals surface area contributed by atoms with Crippen molar-refractivity contribution in [2.24, 2.45) is 0 Å². The quantitative estimate of drug-likeness (QED) is 0.516. The van der Waals surface area contributed by atoms with Crippen molar-refractivity contribution in [1.82, 2.24) is 19.4 Å². The van der Waals surface area contributed by atoms with E-state index >= 15 is 0 Å². The summed E-state index contributed by atoms with van der Waals surface area (Å²) in [6.07, 6.45) is 1.90. The van der Waals surface area contributed by atoms with E-state index in [0.717, 1.165) is 73.6 Å². The van der Waals surface area contributed by atoms with E-state index in [2.05, 4.69) is 45.1 Å². The van der Waals surface area contributed by atoms with Crippen LogP contribution in [0.4, 0.5) is 5.82 Å². The van der Waals surface area contributed by atoms with Gasteiger partial charge in [-0.2, -0.15) is 0 Å². The fourth-order valence-electron chi connectivity index (χ4n) is 4.90. The van der Waals surface area contributed by atoms with Crippen LogP contribution in [0.2, 0.25) is 0 Å². The molecule has 4 aromatic rings. The van der Waals surface area contributed by atoms with E-state index in [-0.39, 0.29) is 11.6 Å². The van der Waals surface area contributed by atoms with Crippen LogP contribution in [-0.2, 0) is 6.42 Å². The number of anilines is 1. The Kier molecular flexibility index (Phi) is 4.46. The molecule has 2 aromatic heterocycles. The van der Waals surface area contributed by atoms with Gasteiger partial charge in [0.2, 0.25) is 0 Å². The molecule has 31 heavy (non-hydrogen) atoms. The Bertz CT molecular complexity index is 1320. The lowest BCUT2D eigenvalue weighted by Crippen LogP contribution is -2.48. The maximum Gasteiger partial charge on any atom is 0.261 e. The molecule has 2 aliphatic heterocycles. The summed E-state index contributed by atoms with van der Waals surface area (Å²) >= 11 is 0. The Morgan fingerprint density at radius 1 is 0.839 bits per heavy atom. The Hall–Kier alpha value is -3.25. The van der Waals surface area contributed by atoms with Crippen molar-refractivity contribution in [2.75, 3.05) is 37.6 Å². The molecule has 1 atom stereocenters. The fraction of sp³-hybridized carbons (Fsp3) is 0.320. The number of piperazine rings is 1. The van der Waals surface area contributed by atoms with Crippen LogP contribution in [-0.4, -0.2) is 52.2 Å². The Balaban J connectivity index is 1.08. The molecule has 0 amide bonds. The van der Waals surface area contributed by atoms with E-state index < -0.39 is 0 Å². The minimum absolute atomic E-state index is 0.115. The highest BCUT2D eigenvalue weighted by Gasteiger charge is 2.30. The lowest BCUT2D eigenvalue weighted by molar-refractivity contribution is 0.221. The van der Waals surface area contributed by atoms with E-state index in [1.54, 1.807) is 0 Å². The van der Waals surface area contributed by atoms with Crippen molar-refractivity contribution in [2.45, 2.75) is 18.9 Å². The number of hydrogen-bond donors (Lipinski definition) is 0. The number of benzene rings is 2. The smallest absolute Gasteiger partial charge is 0.261 e.